The second-order valence-electron chi connectivity index (χ2n) is 5.82. The molecule has 0 radical (unpaired) electrons. The van der Waals surface area contributed by atoms with Crippen molar-refractivity contribution in [2.75, 3.05) is 13.1 Å². The predicted octanol–water partition coefficient (Wildman–Crippen LogP) is 0.806. The fourth-order valence-electron chi connectivity index (χ4n) is 2.11. The molecule has 1 rings (SSSR count). The Morgan fingerprint density at radius 2 is 2.06 bits per heavy atom. The number of rotatable bonds is 4. The van der Waals surface area contributed by atoms with Crippen LogP contribution in [0.25, 0.3) is 0 Å². The number of carboxylic acids is 1. The Kier molecular flexibility index (Phi) is 4.74. The van der Waals surface area contributed by atoms with Crippen LogP contribution < -0.4 is 4.72 Å². The first-order chi connectivity index (χ1) is 8.10. The first-order valence-electron chi connectivity index (χ1n) is 6.11. The zero-order chi connectivity index (χ0) is 14.0. The minimum atomic E-state index is -3.52. The van der Waals surface area contributed by atoms with E-state index in [0.717, 1.165) is 6.42 Å². The van der Waals surface area contributed by atoms with Crippen LogP contribution in [0.5, 0.6) is 0 Å². The fourth-order valence-corrected chi connectivity index (χ4v) is 3.79. The summed E-state index contributed by atoms with van der Waals surface area (Å²) < 4.78 is 28.1. The molecule has 0 spiro atoms. The Morgan fingerprint density at radius 1 is 1.44 bits per heavy atom. The molecule has 1 aliphatic heterocycles. The van der Waals surface area contributed by atoms with Gasteiger partial charge in [0.05, 0.1) is 0 Å². The molecule has 106 valence electrons. The molecular formula is C11H22N2O4S. The molecule has 1 aliphatic rings. The average molecular weight is 278 g/mol. The number of carboxylic acid groups (broad SMARTS) is 1. The van der Waals surface area contributed by atoms with Crippen LogP contribution in [0, 0.1) is 5.92 Å². The highest BCUT2D eigenvalue weighted by atomic mass is 32.2. The highest BCUT2D eigenvalue weighted by Crippen LogP contribution is 2.22. The van der Waals surface area contributed by atoms with Crippen LogP contribution in [0.3, 0.4) is 0 Å². The summed E-state index contributed by atoms with van der Waals surface area (Å²) in [6.45, 7) is 6.09. The number of piperidine rings is 1. The van der Waals surface area contributed by atoms with Crippen molar-refractivity contribution >= 4 is 16.2 Å². The molecule has 1 unspecified atom stereocenters. The topological polar surface area (TPSA) is 86.7 Å². The van der Waals surface area contributed by atoms with Crippen molar-refractivity contribution in [3.8, 4) is 0 Å². The molecule has 2 N–H and O–H groups in total. The van der Waals surface area contributed by atoms with Gasteiger partial charge < -0.3 is 5.11 Å². The van der Waals surface area contributed by atoms with E-state index in [4.69, 9.17) is 5.11 Å². The van der Waals surface area contributed by atoms with Crippen LogP contribution in [0.15, 0.2) is 0 Å². The molecule has 0 saturated carbocycles. The van der Waals surface area contributed by atoms with Crippen LogP contribution >= 0.6 is 0 Å². The zero-order valence-electron chi connectivity index (χ0n) is 11.1. The largest absolute Gasteiger partial charge is 0.481 e. The third-order valence-corrected chi connectivity index (χ3v) is 4.60. The van der Waals surface area contributed by atoms with Gasteiger partial charge in [0.15, 0.2) is 0 Å². The number of aliphatic carboxylic acids is 1. The Balaban J connectivity index is 2.68. The third kappa shape index (κ3) is 4.91. The van der Waals surface area contributed by atoms with Gasteiger partial charge in [-0.15, -0.1) is 0 Å². The molecular weight excluding hydrogens is 256 g/mol. The Bertz CT molecular complexity index is 400. The van der Waals surface area contributed by atoms with E-state index in [1.54, 1.807) is 20.8 Å². The highest BCUT2D eigenvalue weighted by molar-refractivity contribution is 7.87. The van der Waals surface area contributed by atoms with Gasteiger partial charge in [-0.2, -0.15) is 17.4 Å². The SMILES string of the molecule is CC(C)(C)NS(=O)(=O)N1CCCC(CC(=O)O)C1. The molecule has 0 aromatic rings. The van der Waals surface area contributed by atoms with Gasteiger partial charge in [-0.3, -0.25) is 4.79 Å². The predicted molar refractivity (Wildman–Crippen MR) is 68.4 cm³/mol. The summed E-state index contributed by atoms with van der Waals surface area (Å²) in [6, 6.07) is 0. The molecule has 7 heteroatoms. The third-order valence-electron chi connectivity index (χ3n) is 2.72. The van der Waals surface area contributed by atoms with Crippen molar-refractivity contribution in [3.05, 3.63) is 0 Å². The second-order valence-corrected chi connectivity index (χ2v) is 7.49. The van der Waals surface area contributed by atoms with Gasteiger partial charge in [-0.25, -0.2) is 0 Å². The lowest BCUT2D eigenvalue weighted by atomic mass is 9.96. The van der Waals surface area contributed by atoms with E-state index >= 15 is 0 Å². The molecule has 0 amide bonds. The Morgan fingerprint density at radius 3 is 2.56 bits per heavy atom. The summed E-state index contributed by atoms with van der Waals surface area (Å²) in [4.78, 5) is 10.7. The minimum Gasteiger partial charge on any atom is -0.481 e. The van der Waals surface area contributed by atoms with Crippen molar-refractivity contribution in [2.45, 2.75) is 45.6 Å². The van der Waals surface area contributed by atoms with Gasteiger partial charge in [0, 0.05) is 25.0 Å². The smallest absolute Gasteiger partial charge is 0.303 e. The van der Waals surface area contributed by atoms with E-state index in [0.29, 0.717) is 13.0 Å². The first kappa shape index (κ1) is 15.4. The lowest BCUT2D eigenvalue weighted by Gasteiger charge is -2.33. The summed E-state index contributed by atoms with van der Waals surface area (Å²) in [6.07, 6.45) is 1.51. The fraction of sp³-hybridized carbons (Fsp3) is 0.909. The molecule has 1 heterocycles. The maximum atomic E-state index is 12.1. The summed E-state index contributed by atoms with van der Waals surface area (Å²) in [7, 11) is -3.52. The Hall–Kier alpha value is -0.660. The van der Waals surface area contributed by atoms with Gasteiger partial charge >= 0.3 is 5.97 Å². The van der Waals surface area contributed by atoms with Crippen LogP contribution in [0.2, 0.25) is 0 Å². The van der Waals surface area contributed by atoms with Crippen molar-refractivity contribution < 1.29 is 18.3 Å². The van der Waals surface area contributed by atoms with Gasteiger partial charge in [-0.05, 0) is 39.5 Å². The number of carbonyl (C=O) groups is 1. The summed E-state index contributed by atoms with van der Waals surface area (Å²) in [5.41, 5.74) is -0.529. The standard InChI is InChI=1S/C11H22N2O4S/c1-11(2,3)12-18(16,17)13-6-4-5-9(8-13)7-10(14)15/h9,12H,4-8H2,1-3H3,(H,14,15). The van der Waals surface area contributed by atoms with E-state index in [1.807, 2.05) is 0 Å². The van der Waals surface area contributed by atoms with E-state index in [1.165, 1.54) is 4.31 Å². The Labute approximate surface area is 109 Å². The summed E-state index contributed by atoms with van der Waals surface area (Å²) in [5.74, 6) is -0.962. The number of hydrogen-bond acceptors (Lipinski definition) is 3. The summed E-state index contributed by atoms with van der Waals surface area (Å²) in [5, 5.41) is 8.76. The number of nitrogens with zero attached hydrogens (tertiary/aromatic N) is 1. The monoisotopic (exact) mass is 278 g/mol. The van der Waals surface area contributed by atoms with Crippen molar-refractivity contribution in [3.63, 3.8) is 0 Å². The molecule has 0 aromatic carbocycles. The molecule has 0 bridgehead atoms. The quantitative estimate of drug-likeness (QED) is 0.796. The van der Waals surface area contributed by atoms with Crippen LogP contribution in [-0.4, -0.2) is 42.4 Å². The van der Waals surface area contributed by atoms with Gasteiger partial charge in [0.25, 0.3) is 10.2 Å². The normalized spacial score (nSPS) is 22.9. The molecule has 1 fully saturated rings. The second kappa shape index (κ2) is 5.54. The lowest BCUT2D eigenvalue weighted by molar-refractivity contribution is -0.138. The molecule has 0 aromatic heterocycles. The minimum absolute atomic E-state index is 0.0293. The van der Waals surface area contributed by atoms with E-state index < -0.39 is 21.7 Å². The molecule has 18 heavy (non-hydrogen) atoms. The first-order valence-corrected chi connectivity index (χ1v) is 7.55. The van der Waals surface area contributed by atoms with Crippen LogP contribution in [0.4, 0.5) is 0 Å². The van der Waals surface area contributed by atoms with Gasteiger partial charge in [-0.1, -0.05) is 0 Å². The number of hydrogen-bond donors (Lipinski definition) is 2. The van der Waals surface area contributed by atoms with Crippen LogP contribution in [-0.2, 0) is 15.0 Å². The zero-order valence-corrected chi connectivity index (χ0v) is 12.0. The van der Waals surface area contributed by atoms with Crippen LogP contribution in [0.1, 0.15) is 40.0 Å². The maximum absolute atomic E-state index is 12.1. The highest BCUT2D eigenvalue weighted by Gasteiger charge is 2.32. The molecule has 1 saturated heterocycles. The average Bonchev–Trinajstić information content (AvgIpc) is 2.13. The molecule has 1 atom stereocenters. The van der Waals surface area contributed by atoms with E-state index in [9.17, 15) is 13.2 Å². The van der Waals surface area contributed by atoms with E-state index in [2.05, 4.69) is 4.72 Å². The van der Waals surface area contributed by atoms with Gasteiger partial charge in [0.2, 0.25) is 0 Å². The number of nitrogens with one attached hydrogen (secondary N) is 1. The maximum Gasteiger partial charge on any atom is 0.303 e. The lowest BCUT2D eigenvalue weighted by Crippen LogP contribution is -2.51. The van der Waals surface area contributed by atoms with Crippen molar-refractivity contribution in [2.24, 2.45) is 5.92 Å². The summed E-state index contributed by atoms with van der Waals surface area (Å²) >= 11 is 0. The molecule has 6 nitrogen and oxygen atoms in total. The van der Waals surface area contributed by atoms with Gasteiger partial charge in [0.1, 0.15) is 0 Å². The molecule has 0 aliphatic carbocycles. The van der Waals surface area contributed by atoms with E-state index in [-0.39, 0.29) is 18.9 Å². The van der Waals surface area contributed by atoms with Crippen molar-refractivity contribution in [1.82, 2.24) is 9.03 Å². The van der Waals surface area contributed by atoms with Crippen molar-refractivity contribution in [1.29, 1.82) is 0 Å².